The Morgan fingerprint density at radius 2 is 1.83 bits per heavy atom. The first-order valence-electron chi connectivity index (χ1n) is 8.32. The first-order valence-corrected chi connectivity index (χ1v) is 9.52. The highest BCUT2D eigenvalue weighted by atomic mass is 79.9. The van der Waals surface area contributed by atoms with E-state index in [-0.39, 0.29) is 22.1 Å². The van der Waals surface area contributed by atoms with E-state index in [1.807, 2.05) is 24.3 Å². The number of anilines is 1. The van der Waals surface area contributed by atoms with E-state index in [0.29, 0.717) is 10.2 Å². The van der Waals surface area contributed by atoms with E-state index in [0.717, 1.165) is 10.8 Å². The fourth-order valence-corrected chi connectivity index (χ4v) is 3.68. The summed E-state index contributed by atoms with van der Waals surface area (Å²) >= 11 is 8.63. The van der Waals surface area contributed by atoms with Gasteiger partial charge in [0, 0.05) is 0 Å². The lowest BCUT2D eigenvalue weighted by Gasteiger charge is -2.16. The summed E-state index contributed by atoms with van der Waals surface area (Å²) < 4.78 is 35.6. The van der Waals surface area contributed by atoms with E-state index in [4.69, 9.17) is 17.0 Å². The number of amides is 1. The summed E-state index contributed by atoms with van der Waals surface area (Å²) in [5, 5.41) is 6.87. The van der Waals surface area contributed by atoms with E-state index in [2.05, 4.69) is 31.3 Å². The van der Waals surface area contributed by atoms with Crippen molar-refractivity contribution in [1.29, 1.82) is 0 Å². The minimum Gasteiger partial charge on any atom is -0.495 e. The van der Waals surface area contributed by atoms with Crippen LogP contribution in [0.3, 0.4) is 0 Å². The predicted octanol–water partition coefficient (Wildman–Crippen LogP) is 5.34. The van der Waals surface area contributed by atoms with Gasteiger partial charge in [0.1, 0.15) is 11.5 Å². The van der Waals surface area contributed by atoms with Crippen LogP contribution < -0.4 is 20.1 Å². The zero-order valence-electron chi connectivity index (χ0n) is 15.0. The van der Waals surface area contributed by atoms with Gasteiger partial charge in [0.05, 0.1) is 22.8 Å². The van der Waals surface area contributed by atoms with Gasteiger partial charge in [0.15, 0.2) is 5.11 Å². The van der Waals surface area contributed by atoms with Gasteiger partial charge in [0.2, 0.25) is 0 Å². The van der Waals surface area contributed by atoms with Crippen LogP contribution in [-0.4, -0.2) is 24.7 Å². The third-order valence-electron chi connectivity index (χ3n) is 3.97. The van der Waals surface area contributed by atoms with Gasteiger partial charge in [-0.3, -0.25) is 10.1 Å². The number of hydrogen-bond acceptors (Lipinski definition) is 4. The van der Waals surface area contributed by atoms with E-state index < -0.39 is 12.5 Å². The van der Waals surface area contributed by atoms with Crippen molar-refractivity contribution in [3.63, 3.8) is 0 Å². The molecule has 9 heteroatoms. The number of ether oxygens (including phenoxy) is 2. The molecule has 3 aromatic rings. The van der Waals surface area contributed by atoms with Gasteiger partial charge in [0.25, 0.3) is 5.91 Å². The normalized spacial score (nSPS) is 10.7. The molecule has 0 heterocycles. The van der Waals surface area contributed by atoms with Crippen LogP contribution in [0.1, 0.15) is 10.4 Å². The molecule has 0 bridgehead atoms. The lowest BCUT2D eigenvalue weighted by atomic mass is 10.1. The molecule has 150 valence electrons. The predicted molar refractivity (Wildman–Crippen MR) is 115 cm³/mol. The lowest BCUT2D eigenvalue weighted by molar-refractivity contribution is -0.0493. The molecule has 0 radical (unpaired) electrons. The summed E-state index contributed by atoms with van der Waals surface area (Å²) in [5.41, 5.74) is 0.462. The van der Waals surface area contributed by atoms with E-state index in [9.17, 15) is 13.6 Å². The smallest absolute Gasteiger partial charge is 0.387 e. The molecular formula is C20H15BrF2N2O3S. The molecule has 0 saturated carbocycles. The number of para-hydroxylation sites is 2. The van der Waals surface area contributed by atoms with Gasteiger partial charge in [-0.25, -0.2) is 0 Å². The molecule has 29 heavy (non-hydrogen) atoms. The number of fused-ring (bicyclic) bond motifs is 1. The zero-order chi connectivity index (χ0) is 21.0. The third-order valence-corrected chi connectivity index (χ3v) is 4.96. The fraction of sp³-hybridized carbons (Fsp3) is 0.100. The summed E-state index contributed by atoms with van der Waals surface area (Å²) in [6, 6.07) is 15.2. The Balaban J connectivity index is 1.83. The van der Waals surface area contributed by atoms with Crippen LogP contribution in [0.5, 0.6) is 11.5 Å². The third kappa shape index (κ3) is 4.80. The Hall–Kier alpha value is -2.78. The number of benzene rings is 3. The number of thiocarbonyl (C=S) groups is 1. The van der Waals surface area contributed by atoms with Crippen LogP contribution in [0.2, 0.25) is 0 Å². The molecule has 1 amide bonds. The molecule has 0 atom stereocenters. The maximum Gasteiger partial charge on any atom is 0.387 e. The molecule has 3 rings (SSSR count). The molecule has 0 aromatic heterocycles. The molecule has 0 unspecified atom stereocenters. The van der Waals surface area contributed by atoms with Gasteiger partial charge < -0.3 is 14.8 Å². The van der Waals surface area contributed by atoms with Crippen LogP contribution in [0.15, 0.2) is 59.1 Å². The van der Waals surface area contributed by atoms with E-state index in [1.54, 1.807) is 18.2 Å². The number of carbonyl (C=O) groups excluding carboxylic acids is 1. The number of methoxy groups -OCH3 is 1. The van der Waals surface area contributed by atoms with Crippen LogP contribution >= 0.6 is 28.1 Å². The summed E-state index contributed by atoms with van der Waals surface area (Å²) in [6.07, 6.45) is 0. The zero-order valence-corrected chi connectivity index (χ0v) is 17.4. The standard InChI is InChI=1S/C20H15BrF2N2O3S/c1-27-17-13(10-11-6-2-3-7-12(11)16(17)21)18(26)25-20(29)24-14-8-4-5-9-15(14)28-19(22)23/h2-10,19H,1H3,(H2,24,25,26,29). The summed E-state index contributed by atoms with van der Waals surface area (Å²) in [4.78, 5) is 12.8. The van der Waals surface area contributed by atoms with Gasteiger partial charge in [-0.15, -0.1) is 0 Å². The maximum atomic E-state index is 12.8. The molecule has 0 aliphatic carbocycles. The summed E-state index contributed by atoms with van der Waals surface area (Å²) in [6.45, 7) is -2.99. The highest BCUT2D eigenvalue weighted by Crippen LogP contribution is 2.36. The highest BCUT2D eigenvalue weighted by Gasteiger charge is 2.19. The number of halogens is 3. The largest absolute Gasteiger partial charge is 0.495 e. The quantitative estimate of drug-likeness (QED) is 0.482. The van der Waals surface area contributed by atoms with Crippen LogP contribution in [0.25, 0.3) is 10.8 Å². The molecule has 0 aliphatic heterocycles. The highest BCUT2D eigenvalue weighted by molar-refractivity contribution is 9.10. The number of carbonyl (C=O) groups is 1. The van der Waals surface area contributed by atoms with Gasteiger partial charge in [-0.2, -0.15) is 8.78 Å². The number of nitrogens with one attached hydrogen (secondary N) is 2. The molecule has 0 aliphatic rings. The minimum atomic E-state index is -2.99. The van der Waals surface area contributed by atoms with Crippen molar-refractivity contribution >= 4 is 55.6 Å². The second-order valence-corrected chi connectivity index (χ2v) is 6.98. The molecular weight excluding hydrogens is 466 g/mol. The SMILES string of the molecule is COc1c(C(=O)NC(=S)Nc2ccccc2OC(F)F)cc2ccccc2c1Br. The Morgan fingerprint density at radius 1 is 1.14 bits per heavy atom. The lowest BCUT2D eigenvalue weighted by Crippen LogP contribution is -2.34. The van der Waals surface area contributed by atoms with Gasteiger partial charge in [-0.05, 0) is 57.1 Å². The molecule has 3 aromatic carbocycles. The van der Waals surface area contributed by atoms with Gasteiger partial charge >= 0.3 is 6.61 Å². The van der Waals surface area contributed by atoms with Crippen molar-refractivity contribution in [2.45, 2.75) is 6.61 Å². The molecule has 0 saturated heterocycles. The average molecular weight is 481 g/mol. The van der Waals surface area contributed by atoms with E-state index in [1.165, 1.54) is 19.2 Å². The van der Waals surface area contributed by atoms with Crippen LogP contribution in [0.4, 0.5) is 14.5 Å². The maximum absolute atomic E-state index is 12.8. The van der Waals surface area contributed by atoms with Crippen molar-refractivity contribution < 1.29 is 23.0 Å². The van der Waals surface area contributed by atoms with Crippen molar-refractivity contribution in [3.05, 3.63) is 64.6 Å². The number of rotatable bonds is 5. The van der Waals surface area contributed by atoms with Gasteiger partial charge in [-0.1, -0.05) is 36.4 Å². The molecule has 0 fully saturated rings. The Kier molecular flexibility index (Phi) is 6.60. The fourth-order valence-electron chi connectivity index (χ4n) is 2.75. The van der Waals surface area contributed by atoms with E-state index >= 15 is 0 Å². The van der Waals surface area contributed by atoms with Crippen LogP contribution in [0, 0.1) is 0 Å². The Morgan fingerprint density at radius 3 is 2.55 bits per heavy atom. The molecule has 2 N–H and O–H groups in total. The average Bonchev–Trinajstić information content (AvgIpc) is 2.69. The molecule has 0 spiro atoms. The summed E-state index contributed by atoms with van der Waals surface area (Å²) in [5.74, 6) is -0.256. The first kappa shape index (κ1) is 20.9. The minimum absolute atomic E-state index is 0.0772. The summed E-state index contributed by atoms with van der Waals surface area (Å²) in [7, 11) is 1.46. The topological polar surface area (TPSA) is 59.6 Å². The number of alkyl halides is 2. The van der Waals surface area contributed by atoms with Crippen LogP contribution in [-0.2, 0) is 0 Å². The van der Waals surface area contributed by atoms with Crippen molar-refractivity contribution in [1.82, 2.24) is 5.32 Å². The van der Waals surface area contributed by atoms with Crippen molar-refractivity contribution in [2.24, 2.45) is 0 Å². The Bertz CT molecular complexity index is 1080. The first-order chi connectivity index (χ1) is 13.9. The number of hydrogen-bond donors (Lipinski definition) is 2. The Labute approximate surface area is 179 Å². The van der Waals surface area contributed by atoms with Crippen molar-refractivity contribution in [2.75, 3.05) is 12.4 Å². The monoisotopic (exact) mass is 480 g/mol. The second kappa shape index (κ2) is 9.15. The van der Waals surface area contributed by atoms with Crippen molar-refractivity contribution in [3.8, 4) is 11.5 Å². The second-order valence-electron chi connectivity index (χ2n) is 5.78. The molecule has 5 nitrogen and oxygen atoms in total.